The van der Waals surface area contributed by atoms with Gasteiger partial charge >= 0.3 is 0 Å². The fourth-order valence-electron chi connectivity index (χ4n) is 4.79. The SMILES string of the molecule is Ic1cc2ccc3cccc4c3c2c(c1)n4-c1ccc2sc3ccccc3c2c1. The molecule has 136 valence electrons. The summed E-state index contributed by atoms with van der Waals surface area (Å²) in [7, 11) is 0. The third-order valence-electron chi connectivity index (χ3n) is 5.98. The zero-order valence-electron chi connectivity index (χ0n) is 15.3. The Balaban J connectivity index is 1.68. The molecular formula is C26H14INS. The fourth-order valence-corrected chi connectivity index (χ4v) is 6.51. The molecule has 0 aliphatic rings. The van der Waals surface area contributed by atoms with E-state index in [9.17, 15) is 0 Å². The van der Waals surface area contributed by atoms with Crippen LogP contribution in [0.25, 0.3) is 58.4 Å². The summed E-state index contributed by atoms with van der Waals surface area (Å²) in [4.78, 5) is 0. The second kappa shape index (κ2) is 5.71. The molecule has 1 nitrogen and oxygen atoms in total. The van der Waals surface area contributed by atoms with Gasteiger partial charge in [-0.25, -0.2) is 0 Å². The molecule has 0 spiro atoms. The first kappa shape index (κ1) is 16.2. The topological polar surface area (TPSA) is 4.93 Å². The molecule has 0 bridgehead atoms. The van der Waals surface area contributed by atoms with Crippen molar-refractivity contribution in [3.63, 3.8) is 0 Å². The number of hydrogen-bond acceptors (Lipinski definition) is 1. The van der Waals surface area contributed by atoms with Crippen LogP contribution in [0.4, 0.5) is 0 Å². The second-order valence-electron chi connectivity index (χ2n) is 7.58. The van der Waals surface area contributed by atoms with Crippen molar-refractivity contribution >= 4 is 86.7 Å². The van der Waals surface area contributed by atoms with Gasteiger partial charge in [0.05, 0.1) is 11.0 Å². The average Bonchev–Trinajstić information content (AvgIpc) is 3.27. The Morgan fingerprint density at radius 3 is 2.41 bits per heavy atom. The van der Waals surface area contributed by atoms with Gasteiger partial charge in [-0.1, -0.05) is 42.5 Å². The van der Waals surface area contributed by atoms with E-state index in [2.05, 4.69) is 112 Å². The number of halogens is 1. The highest BCUT2D eigenvalue weighted by Gasteiger charge is 2.17. The van der Waals surface area contributed by atoms with Gasteiger partial charge in [0.1, 0.15) is 0 Å². The normalized spacial score (nSPS) is 12.3. The molecule has 0 aliphatic carbocycles. The van der Waals surface area contributed by atoms with Crippen molar-refractivity contribution in [1.29, 1.82) is 0 Å². The smallest absolute Gasteiger partial charge is 0.0557 e. The van der Waals surface area contributed by atoms with Gasteiger partial charge in [0, 0.05) is 40.2 Å². The molecule has 0 saturated heterocycles. The number of hydrogen-bond donors (Lipinski definition) is 0. The molecule has 0 aliphatic heterocycles. The summed E-state index contributed by atoms with van der Waals surface area (Å²) < 4.78 is 6.41. The molecule has 5 aromatic carbocycles. The lowest BCUT2D eigenvalue weighted by atomic mass is 10.0. The molecule has 2 aromatic heterocycles. The van der Waals surface area contributed by atoms with Gasteiger partial charge in [-0.2, -0.15) is 0 Å². The molecule has 0 N–H and O–H groups in total. The lowest BCUT2D eigenvalue weighted by Crippen LogP contribution is -1.93. The van der Waals surface area contributed by atoms with E-state index in [0.29, 0.717) is 0 Å². The molecular weight excluding hydrogens is 485 g/mol. The maximum Gasteiger partial charge on any atom is 0.0557 e. The second-order valence-corrected chi connectivity index (χ2v) is 9.91. The summed E-state index contributed by atoms with van der Waals surface area (Å²) in [6.07, 6.45) is 0. The molecule has 0 fully saturated rings. The van der Waals surface area contributed by atoms with Gasteiger partial charge in [0.15, 0.2) is 0 Å². The molecule has 7 aromatic rings. The number of benzene rings is 5. The van der Waals surface area contributed by atoms with Gasteiger partial charge < -0.3 is 4.57 Å². The molecule has 3 heteroatoms. The van der Waals surface area contributed by atoms with Gasteiger partial charge in [0.2, 0.25) is 0 Å². The Morgan fingerprint density at radius 2 is 1.45 bits per heavy atom. The minimum Gasteiger partial charge on any atom is -0.309 e. The zero-order valence-corrected chi connectivity index (χ0v) is 18.3. The van der Waals surface area contributed by atoms with Crippen molar-refractivity contribution in [2.45, 2.75) is 0 Å². The van der Waals surface area contributed by atoms with E-state index in [4.69, 9.17) is 0 Å². The van der Waals surface area contributed by atoms with Crippen molar-refractivity contribution in [3.05, 3.63) is 88.5 Å². The standard InChI is InChI=1S/C26H14INS/c27-17-12-16-9-8-15-4-3-6-21-25(15)26(16)22(13-17)28(21)18-10-11-24-20(14-18)19-5-1-2-7-23(19)29-24/h1-14H. The van der Waals surface area contributed by atoms with Crippen LogP contribution in [0.5, 0.6) is 0 Å². The van der Waals surface area contributed by atoms with Gasteiger partial charge in [-0.05, 0) is 75.8 Å². The van der Waals surface area contributed by atoms with E-state index in [1.807, 2.05) is 11.3 Å². The van der Waals surface area contributed by atoms with Crippen molar-refractivity contribution in [2.75, 3.05) is 0 Å². The average molecular weight is 499 g/mol. The van der Waals surface area contributed by atoms with Gasteiger partial charge in [0.25, 0.3) is 0 Å². The summed E-state index contributed by atoms with van der Waals surface area (Å²) in [5, 5.41) is 8.05. The highest BCUT2D eigenvalue weighted by molar-refractivity contribution is 14.1. The first-order valence-electron chi connectivity index (χ1n) is 9.64. The van der Waals surface area contributed by atoms with Crippen LogP contribution in [0, 0.1) is 3.57 Å². The highest BCUT2D eigenvalue weighted by Crippen LogP contribution is 2.41. The predicted octanol–water partition coefficient (Wildman–Crippen LogP) is 8.35. The van der Waals surface area contributed by atoms with Crippen LogP contribution < -0.4 is 0 Å². The quantitative estimate of drug-likeness (QED) is 0.158. The van der Waals surface area contributed by atoms with Crippen LogP contribution in [0.1, 0.15) is 0 Å². The summed E-state index contributed by atoms with van der Waals surface area (Å²) in [5.41, 5.74) is 3.80. The summed E-state index contributed by atoms with van der Waals surface area (Å²) in [6, 6.07) is 31.4. The lowest BCUT2D eigenvalue weighted by Gasteiger charge is -2.08. The maximum absolute atomic E-state index is 2.44. The first-order chi connectivity index (χ1) is 14.3. The molecule has 0 amide bonds. The molecule has 0 saturated carbocycles. The number of nitrogens with zero attached hydrogens (tertiary/aromatic N) is 1. The fraction of sp³-hybridized carbons (Fsp3) is 0. The third kappa shape index (κ3) is 2.15. The number of aromatic nitrogens is 1. The Labute approximate surface area is 184 Å². The van der Waals surface area contributed by atoms with Crippen LogP contribution in [0.3, 0.4) is 0 Å². The summed E-state index contributed by atoms with van der Waals surface area (Å²) in [5.74, 6) is 0. The van der Waals surface area contributed by atoms with E-state index in [1.54, 1.807) is 0 Å². The van der Waals surface area contributed by atoms with Gasteiger partial charge in [-0.15, -0.1) is 11.3 Å². The minimum absolute atomic E-state index is 1.23. The monoisotopic (exact) mass is 499 g/mol. The molecule has 0 atom stereocenters. The van der Waals surface area contributed by atoms with E-state index < -0.39 is 0 Å². The van der Waals surface area contributed by atoms with E-state index in [0.717, 1.165) is 0 Å². The van der Waals surface area contributed by atoms with Gasteiger partial charge in [-0.3, -0.25) is 0 Å². The largest absolute Gasteiger partial charge is 0.309 e. The maximum atomic E-state index is 2.44. The Kier molecular flexibility index (Phi) is 3.19. The first-order valence-corrected chi connectivity index (χ1v) is 11.5. The third-order valence-corrected chi connectivity index (χ3v) is 7.75. The van der Waals surface area contributed by atoms with Crippen LogP contribution >= 0.6 is 33.9 Å². The molecule has 0 radical (unpaired) electrons. The zero-order chi connectivity index (χ0) is 19.1. The van der Waals surface area contributed by atoms with Crippen LogP contribution in [-0.2, 0) is 0 Å². The highest BCUT2D eigenvalue weighted by atomic mass is 127. The number of fused-ring (bicyclic) bond motifs is 3. The number of thiophene rings is 1. The minimum atomic E-state index is 1.23. The Hall–Kier alpha value is -2.63. The van der Waals surface area contributed by atoms with Crippen molar-refractivity contribution in [2.24, 2.45) is 0 Å². The van der Waals surface area contributed by atoms with Crippen LogP contribution in [0.15, 0.2) is 84.9 Å². The molecule has 0 unspecified atom stereocenters. The summed E-state index contributed by atoms with van der Waals surface area (Å²) in [6.45, 7) is 0. The van der Waals surface area contributed by atoms with E-state index >= 15 is 0 Å². The van der Waals surface area contributed by atoms with E-state index in [-0.39, 0.29) is 0 Å². The van der Waals surface area contributed by atoms with Crippen LogP contribution in [-0.4, -0.2) is 4.57 Å². The molecule has 2 heterocycles. The number of rotatable bonds is 1. The Morgan fingerprint density at radius 1 is 0.621 bits per heavy atom. The van der Waals surface area contributed by atoms with Crippen molar-refractivity contribution in [1.82, 2.24) is 4.57 Å². The molecule has 7 rings (SSSR count). The van der Waals surface area contributed by atoms with Crippen molar-refractivity contribution in [3.8, 4) is 5.69 Å². The van der Waals surface area contributed by atoms with Crippen LogP contribution in [0.2, 0.25) is 0 Å². The van der Waals surface area contributed by atoms with Crippen molar-refractivity contribution < 1.29 is 0 Å². The lowest BCUT2D eigenvalue weighted by molar-refractivity contribution is 1.19. The molecule has 29 heavy (non-hydrogen) atoms. The Bertz CT molecular complexity index is 1720. The predicted molar refractivity (Wildman–Crippen MR) is 135 cm³/mol. The van der Waals surface area contributed by atoms with E-state index in [1.165, 1.54) is 62.0 Å². The summed E-state index contributed by atoms with van der Waals surface area (Å²) >= 11 is 4.31.